The second-order valence-corrected chi connectivity index (χ2v) is 7.39. The first-order valence-corrected chi connectivity index (χ1v) is 9.80. The second-order valence-electron chi connectivity index (χ2n) is 6.40. The molecule has 0 atom stereocenters. The Bertz CT molecular complexity index is 1000. The van der Waals surface area contributed by atoms with E-state index in [9.17, 15) is 9.18 Å². The van der Waals surface area contributed by atoms with Gasteiger partial charge in [-0.3, -0.25) is 4.79 Å². The Morgan fingerprint density at radius 1 is 1.32 bits per heavy atom. The molecule has 28 heavy (non-hydrogen) atoms. The standard InChI is InChI=1S/C20H20FN3O3S/c1-26-16-6-5-15(24-7-9-27-10-8-24)18-17(16)23-20(28-18)19(25)22-12-13-3-2-4-14(21)11-13/h2-6,11H,7-10,12H2,1H3,(H,22,25). The zero-order valence-electron chi connectivity index (χ0n) is 15.4. The summed E-state index contributed by atoms with van der Waals surface area (Å²) in [6.07, 6.45) is 0. The lowest BCUT2D eigenvalue weighted by Gasteiger charge is -2.29. The van der Waals surface area contributed by atoms with Crippen molar-refractivity contribution in [3.63, 3.8) is 0 Å². The molecule has 0 bridgehead atoms. The Balaban J connectivity index is 1.61. The fourth-order valence-electron chi connectivity index (χ4n) is 3.19. The van der Waals surface area contributed by atoms with Crippen LogP contribution in [-0.4, -0.2) is 44.3 Å². The summed E-state index contributed by atoms with van der Waals surface area (Å²) in [5.41, 5.74) is 2.40. The zero-order chi connectivity index (χ0) is 19.5. The number of ether oxygens (including phenoxy) is 2. The number of fused-ring (bicyclic) bond motifs is 1. The molecule has 1 amide bonds. The maximum atomic E-state index is 13.3. The van der Waals surface area contributed by atoms with Crippen molar-refractivity contribution in [2.75, 3.05) is 38.3 Å². The van der Waals surface area contributed by atoms with Gasteiger partial charge in [-0.15, -0.1) is 11.3 Å². The van der Waals surface area contributed by atoms with Gasteiger partial charge in [0.2, 0.25) is 0 Å². The number of rotatable bonds is 5. The average molecular weight is 401 g/mol. The van der Waals surface area contributed by atoms with Crippen LogP contribution in [0.1, 0.15) is 15.4 Å². The number of benzene rings is 2. The fraction of sp³-hybridized carbons (Fsp3) is 0.300. The molecule has 146 valence electrons. The first kappa shape index (κ1) is 18.6. The minimum Gasteiger partial charge on any atom is -0.494 e. The molecule has 0 radical (unpaired) electrons. The minimum atomic E-state index is -0.327. The molecule has 1 aromatic heterocycles. The van der Waals surface area contributed by atoms with Gasteiger partial charge < -0.3 is 19.7 Å². The summed E-state index contributed by atoms with van der Waals surface area (Å²) in [6.45, 7) is 3.17. The smallest absolute Gasteiger partial charge is 0.280 e. The molecule has 1 aliphatic heterocycles. The lowest BCUT2D eigenvalue weighted by Crippen LogP contribution is -2.36. The van der Waals surface area contributed by atoms with Crippen LogP contribution in [0.15, 0.2) is 36.4 Å². The molecule has 1 saturated heterocycles. The number of carbonyl (C=O) groups excluding carboxylic acids is 1. The molecule has 6 nitrogen and oxygen atoms in total. The zero-order valence-corrected chi connectivity index (χ0v) is 16.2. The van der Waals surface area contributed by atoms with Crippen molar-refractivity contribution >= 4 is 33.1 Å². The van der Waals surface area contributed by atoms with E-state index in [0.717, 1.165) is 23.5 Å². The number of nitrogens with one attached hydrogen (secondary N) is 1. The summed E-state index contributed by atoms with van der Waals surface area (Å²) in [5, 5.41) is 3.16. The molecule has 1 N–H and O–H groups in total. The first-order valence-electron chi connectivity index (χ1n) is 8.98. The van der Waals surface area contributed by atoms with Crippen LogP contribution in [0.3, 0.4) is 0 Å². The number of carbonyl (C=O) groups is 1. The Kier molecular flexibility index (Phi) is 5.40. The van der Waals surface area contributed by atoms with E-state index < -0.39 is 0 Å². The quantitative estimate of drug-likeness (QED) is 0.711. The Morgan fingerprint density at radius 2 is 2.14 bits per heavy atom. The number of anilines is 1. The average Bonchev–Trinajstić information content (AvgIpc) is 3.17. The third kappa shape index (κ3) is 3.79. The van der Waals surface area contributed by atoms with E-state index in [1.807, 2.05) is 12.1 Å². The highest BCUT2D eigenvalue weighted by atomic mass is 32.1. The maximum Gasteiger partial charge on any atom is 0.280 e. The summed E-state index contributed by atoms with van der Waals surface area (Å²) in [6, 6.07) is 10.0. The van der Waals surface area contributed by atoms with Crippen molar-refractivity contribution in [1.82, 2.24) is 10.3 Å². The number of methoxy groups -OCH3 is 1. The number of hydrogen-bond donors (Lipinski definition) is 1. The maximum absolute atomic E-state index is 13.3. The third-order valence-electron chi connectivity index (χ3n) is 4.59. The van der Waals surface area contributed by atoms with Crippen LogP contribution in [0.2, 0.25) is 0 Å². The van der Waals surface area contributed by atoms with Crippen molar-refractivity contribution in [2.24, 2.45) is 0 Å². The molecule has 1 fully saturated rings. The van der Waals surface area contributed by atoms with Crippen molar-refractivity contribution in [2.45, 2.75) is 6.54 Å². The molecule has 4 rings (SSSR count). The molecule has 2 heterocycles. The van der Waals surface area contributed by atoms with Gasteiger partial charge in [0, 0.05) is 19.6 Å². The van der Waals surface area contributed by atoms with Crippen LogP contribution in [0.5, 0.6) is 5.75 Å². The van der Waals surface area contributed by atoms with E-state index in [2.05, 4.69) is 15.2 Å². The number of morpholine rings is 1. The third-order valence-corrected chi connectivity index (χ3v) is 5.67. The van der Waals surface area contributed by atoms with E-state index in [-0.39, 0.29) is 18.3 Å². The van der Waals surface area contributed by atoms with Gasteiger partial charge in [0.15, 0.2) is 5.01 Å². The van der Waals surface area contributed by atoms with Crippen molar-refractivity contribution in [1.29, 1.82) is 0 Å². The monoisotopic (exact) mass is 401 g/mol. The number of amides is 1. The molecule has 2 aromatic carbocycles. The number of halogens is 1. The highest BCUT2D eigenvalue weighted by molar-refractivity contribution is 7.21. The summed E-state index contributed by atoms with van der Waals surface area (Å²) < 4.78 is 25.1. The van der Waals surface area contributed by atoms with Gasteiger partial charge in [0.05, 0.1) is 30.7 Å². The van der Waals surface area contributed by atoms with Crippen LogP contribution in [-0.2, 0) is 11.3 Å². The van der Waals surface area contributed by atoms with Crippen LogP contribution >= 0.6 is 11.3 Å². The van der Waals surface area contributed by atoms with Crippen LogP contribution in [0.25, 0.3) is 10.2 Å². The molecule has 0 saturated carbocycles. The summed E-state index contributed by atoms with van der Waals surface area (Å²) >= 11 is 1.33. The molecule has 3 aromatic rings. The Morgan fingerprint density at radius 3 is 2.89 bits per heavy atom. The summed E-state index contributed by atoms with van der Waals surface area (Å²) in [5.74, 6) is 0.0134. The predicted molar refractivity (Wildman–Crippen MR) is 107 cm³/mol. The summed E-state index contributed by atoms with van der Waals surface area (Å²) in [7, 11) is 1.59. The SMILES string of the molecule is COc1ccc(N2CCOCC2)c2sc(C(=O)NCc3cccc(F)c3)nc12. The van der Waals surface area contributed by atoms with Gasteiger partial charge in [-0.05, 0) is 29.8 Å². The van der Waals surface area contributed by atoms with Crippen LogP contribution < -0.4 is 15.0 Å². The Hall–Kier alpha value is -2.71. The van der Waals surface area contributed by atoms with Gasteiger partial charge in [0.1, 0.15) is 17.1 Å². The van der Waals surface area contributed by atoms with Gasteiger partial charge in [-0.25, -0.2) is 9.37 Å². The van der Waals surface area contributed by atoms with E-state index in [1.54, 1.807) is 19.2 Å². The number of hydrogen-bond acceptors (Lipinski definition) is 6. The topological polar surface area (TPSA) is 63.7 Å². The number of thiazole rings is 1. The van der Waals surface area contributed by atoms with Gasteiger partial charge in [0.25, 0.3) is 5.91 Å². The van der Waals surface area contributed by atoms with Gasteiger partial charge in [-0.2, -0.15) is 0 Å². The highest BCUT2D eigenvalue weighted by Gasteiger charge is 2.21. The number of nitrogens with zero attached hydrogens (tertiary/aromatic N) is 2. The molecule has 0 unspecified atom stereocenters. The van der Waals surface area contributed by atoms with Gasteiger partial charge in [-0.1, -0.05) is 12.1 Å². The van der Waals surface area contributed by atoms with Crippen molar-refractivity contribution < 1.29 is 18.7 Å². The van der Waals surface area contributed by atoms with Crippen molar-refractivity contribution in [3.05, 3.63) is 52.8 Å². The molecule has 0 aliphatic carbocycles. The van der Waals surface area contributed by atoms with Crippen molar-refractivity contribution in [3.8, 4) is 5.75 Å². The first-order chi connectivity index (χ1) is 13.7. The lowest BCUT2D eigenvalue weighted by atomic mass is 10.2. The normalized spacial score (nSPS) is 14.3. The highest BCUT2D eigenvalue weighted by Crippen LogP contribution is 2.37. The molecular formula is C20H20FN3O3S. The van der Waals surface area contributed by atoms with E-state index >= 15 is 0 Å². The largest absolute Gasteiger partial charge is 0.494 e. The Labute approximate surface area is 165 Å². The van der Waals surface area contributed by atoms with Crippen LogP contribution in [0, 0.1) is 5.82 Å². The predicted octanol–water partition coefficient (Wildman–Crippen LogP) is 3.21. The lowest BCUT2D eigenvalue weighted by molar-refractivity contribution is 0.0950. The summed E-state index contributed by atoms with van der Waals surface area (Å²) in [4.78, 5) is 19.4. The molecule has 8 heteroatoms. The molecule has 0 spiro atoms. The fourth-order valence-corrected chi connectivity index (χ4v) is 4.23. The van der Waals surface area contributed by atoms with E-state index in [1.165, 1.54) is 23.5 Å². The second kappa shape index (κ2) is 8.12. The van der Waals surface area contributed by atoms with E-state index in [4.69, 9.17) is 9.47 Å². The molecule has 1 aliphatic rings. The number of aromatic nitrogens is 1. The minimum absolute atomic E-state index is 0.236. The van der Waals surface area contributed by atoms with Crippen LogP contribution in [0.4, 0.5) is 10.1 Å². The molecular weight excluding hydrogens is 381 g/mol. The van der Waals surface area contributed by atoms with E-state index in [0.29, 0.717) is 35.1 Å². The van der Waals surface area contributed by atoms with Gasteiger partial charge >= 0.3 is 0 Å².